The van der Waals surface area contributed by atoms with Crippen molar-refractivity contribution in [3.8, 4) is 11.5 Å². The third-order valence-corrected chi connectivity index (χ3v) is 3.76. The number of rotatable bonds is 6. The molecule has 0 radical (unpaired) electrons. The standard InChI is InChI=1S/C17H19BrFNO/c1-3-16(20-4-2)12-5-8-14(9-6-12)21-17-11-13(18)7-10-15(17)19/h5-11,16,20H,3-4H2,1-2H3. The molecule has 2 aromatic rings. The minimum Gasteiger partial charge on any atom is -0.454 e. The predicted octanol–water partition coefficient (Wildman–Crippen LogP) is 5.44. The van der Waals surface area contributed by atoms with Crippen molar-refractivity contribution in [2.45, 2.75) is 26.3 Å². The minimum atomic E-state index is -0.374. The maximum atomic E-state index is 13.7. The molecule has 2 rings (SSSR count). The van der Waals surface area contributed by atoms with Crippen LogP contribution in [0.4, 0.5) is 4.39 Å². The Labute approximate surface area is 133 Å². The molecular formula is C17H19BrFNO. The molecule has 0 aliphatic heterocycles. The van der Waals surface area contributed by atoms with Crippen molar-refractivity contribution in [1.29, 1.82) is 0 Å². The summed E-state index contributed by atoms with van der Waals surface area (Å²) >= 11 is 3.31. The first-order valence-corrected chi connectivity index (χ1v) is 7.89. The topological polar surface area (TPSA) is 21.3 Å². The van der Waals surface area contributed by atoms with Crippen LogP contribution in [0.2, 0.25) is 0 Å². The maximum Gasteiger partial charge on any atom is 0.165 e. The van der Waals surface area contributed by atoms with Gasteiger partial charge in [0, 0.05) is 10.5 Å². The Hall–Kier alpha value is -1.39. The summed E-state index contributed by atoms with van der Waals surface area (Å²) in [6.07, 6.45) is 1.02. The van der Waals surface area contributed by atoms with Gasteiger partial charge in [-0.1, -0.05) is 41.9 Å². The molecule has 0 aliphatic rings. The first-order valence-electron chi connectivity index (χ1n) is 7.10. The Bertz CT molecular complexity index is 586. The highest BCUT2D eigenvalue weighted by molar-refractivity contribution is 9.10. The van der Waals surface area contributed by atoms with Crippen molar-refractivity contribution in [3.05, 3.63) is 58.3 Å². The van der Waals surface area contributed by atoms with Crippen molar-refractivity contribution in [2.24, 2.45) is 0 Å². The summed E-state index contributed by atoms with van der Waals surface area (Å²) in [4.78, 5) is 0. The number of nitrogens with one attached hydrogen (secondary N) is 1. The van der Waals surface area contributed by atoms with E-state index >= 15 is 0 Å². The molecule has 0 fully saturated rings. The molecule has 1 unspecified atom stereocenters. The minimum absolute atomic E-state index is 0.218. The number of hydrogen-bond donors (Lipinski definition) is 1. The summed E-state index contributed by atoms with van der Waals surface area (Å²) in [5.41, 5.74) is 1.21. The fourth-order valence-corrected chi connectivity index (χ4v) is 2.53. The van der Waals surface area contributed by atoms with E-state index in [9.17, 15) is 4.39 Å². The van der Waals surface area contributed by atoms with E-state index in [4.69, 9.17) is 4.74 Å². The Morgan fingerprint density at radius 3 is 2.48 bits per heavy atom. The zero-order valence-electron chi connectivity index (χ0n) is 12.2. The van der Waals surface area contributed by atoms with E-state index in [1.807, 2.05) is 24.3 Å². The highest BCUT2D eigenvalue weighted by atomic mass is 79.9. The Kier molecular flexibility index (Phi) is 5.76. The molecule has 4 heteroatoms. The van der Waals surface area contributed by atoms with Crippen molar-refractivity contribution < 1.29 is 9.13 Å². The van der Waals surface area contributed by atoms with Crippen LogP contribution in [0.25, 0.3) is 0 Å². The van der Waals surface area contributed by atoms with Crippen LogP contribution in [-0.2, 0) is 0 Å². The van der Waals surface area contributed by atoms with E-state index in [0.29, 0.717) is 11.8 Å². The van der Waals surface area contributed by atoms with Crippen LogP contribution in [0, 0.1) is 5.82 Å². The normalized spacial score (nSPS) is 12.2. The lowest BCUT2D eigenvalue weighted by Crippen LogP contribution is -2.19. The van der Waals surface area contributed by atoms with Gasteiger partial charge in [0.25, 0.3) is 0 Å². The molecule has 2 nitrogen and oxygen atoms in total. The Morgan fingerprint density at radius 2 is 1.86 bits per heavy atom. The van der Waals surface area contributed by atoms with Crippen LogP contribution in [0.5, 0.6) is 11.5 Å². The van der Waals surface area contributed by atoms with Gasteiger partial charge < -0.3 is 10.1 Å². The van der Waals surface area contributed by atoms with Gasteiger partial charge >= 0.3 is 0 Å². The summed E-state index contributed by atoms with van der Waals surface area (Å²) in [5.74, 6) is 0.472. The first-order chi connectivity index (χ1) is 10.1. The number of benzene rings is 2. The third kappa shape index (κ3) is 4.29. The fraction of sp³-hybridized carbons (Fsp3) is 0.294. The van der Waals surface area contributed by atoms with Gasteiger partial charge in [-0.25, -0.2) is 4.39 Å². The summed E-state index contributed by atoms with van der Waals surface area (Å²) in [5, 5.41) is 3.43. The average molecular weight is 352 g/mol. The second-order valence-electron chi connectivity index (χ2n) is 4.76. The van der Waals surface area contributed by atoms with Gasteiger partial charge in [-0.3, -0.25) is 0 Å². The van der Waals surface area contributed by atoms with Crippen molar-refractivity contribution in [2.75, 3.05) is 6.54 Å². The van der Waals surface area contributed by atoms with Crippen LogP contribution >= 0.6 is 15.9 Å². The van der Waals surface area contributed by atoms with Crippen LogP contribution < -0.4 is 10.1 Å². The van der Waals surface area contributed by atoms with Gasteiger partial charge in [-0.15, -0.1) is 0 Å². The van der Waals surface area contributed by atoms with Crippen LogP contribution in [0.1, 0.15) is 31.9 Å². The van der Waals surface area contributed by atoms with Gasteiger partial charge in [0.05, 0.1) is 0 Å². The third-order valence-electron chi connectivity index (χ3n) is 3.26. The van der Waals surface area contributed by atoms with E-state index in [0.717, 1.165) is 17.4 Å². The van der Waals surface area contributed by atoms with Gasteiger partial charge in [-0.2, -0.15) is 0 Å². The zero-order valence-corrected chi connectivity index (χ0v) is 13.8. The summed E-state index contributed by atoms with van der Waals surface area (Å²) in [6, 6.07) is 12.8. The molecule has 0 aromatic heterocycles. The summed E-state index contributed by atoms with van der Waals surface area (Å²) in [7, 11) is 0. The molecule has 0 bridgehead atoms. The smallest absolute Gasteiger partial charge is 0.165 e. The highest BCUT2D eigenvalue weighted by Crippen LogP contribution is 2.28. The van der Waals surface area contributed by atoms with E-state index in [-0.39, 0.29) is 11.6 Å². The molecule has 0 saturated carbocycles. The van der Waals surface area contributed by atoms with E-state index in [1.165, 1.54) is 11.6 Å². The summed E-state index contributed by atoms with van der Waals surface area (Å²) in [6.45, 7) is 5.17. The molecule has 0 aliphatic carbocycles. The molecule has 0 saturated heterocycles. The van der Waals surface area contributed by atoms with E-state index < -0.39 is 0 Å². The average Bonchev–Trinajstić information content (AvgIpc) is 2.49. The Balaban J connectivity index is 2.13. The lowest BCUT2D eigenvalue weighted by Gasteiger charge is -2.16. The van der Waals surface area contributed by atoms with Crippen LogP contribution in [-0.4, -0.2) is 6.54 Å². The van der Waals surface area contributed by atoms with E-state index in [1.54, 1.807) is 12.1 Å². The molecule has 112 valence electrons. The molecule has 1 atom stereocenters. The molecule has 0 spiro atoms. The number of ether oxygens (including phenoxy) is 1. The highest BCUT2D eigenvalue weighted by Gasteiger charge is 2.09. The number of halogens is 2. The second-order valence-corrected chi connectivity index (χ2v) is 5.68. The van der Waals surface area contributed by atoms with Crippen LogP contribution in [0.3, 0.4) is 0 Å². The Morgan fingerprint density at radius 1 is 1.14 bits per heavy atom. The molecule has 2 aromatic carbocycles. The zero-order chi connectivity index (χ0) is 15.2. The van der Waals surface area contributed by atoms with Gasteiger partial charge in [0.1, 0.15) is 5.75 Å². The largest absolute Gasteiger partial charge is 0.454 e. The molecule has 21 heavy (non-hydrogen) atoms. The molecule has 0 heterocycles. The molecule has 1 N–H and O–H groups in total. The molecule has 0 amide bonds. The van der Waals surface area contributed by atoms with Crippen LogP contribution in [0.15, 0.2) is 46.9 Å². The van der Waals surface area contributed by atoms with Crippen molar-refractivity contribution >= 4 is 15.9 Å². The quantitative estimate of drug-likeness (QED) is 0.747. The number of hydrogen-bond acceptors (Lipinski definition) is 2. The SMILES string of the molecule is CCNC(CC)c1ccc(Oc2cc(Br)ccc2F)cc1. The lowest BCUT2D eigenvalue weighted by molar-refractivity contribution is 0.441. The lowest BCUT2D eigenvalue weighted by atomic mass is 10.0. The van der Waals surface area contributed by atoms with Gasteiger partial charge in [-0.05, 0) is 48.9 Å². The van der Waals surface area contributed by atoms with Crippen molar-refractivity contribution in [3.63, 3.8) is 0 Å². The van der Waals surface area contributed by atoms with E-state index in [2.05, 4.69) is 35.1 Å². The molecular weight excluding hydrogens is 333 g/mol. The summed E-state index contributed by atoms with van der Waals surface area (Å²) < 4.78 is 20.0. The predicted molar refractivity (Wildman–Crippen MR) is 87.3 cm³/mol. The van der Waals surface area contributed by atoms with Gasteiger partial charge in [0.2, 0.25) is 0 Å². The first kappa shape index (κ1) is 16.0. The second kappa shape index (κ2) is 7.57. The van der Waals surface area contributed by atoms with Crippen molar-refractivity contribution in [1.82, 2.24) is 5.32 Å². The fourth-order valence-electron chi connectivity index (χ4n) is 2.19. The monoisotopic (exact) mass is 351 g/mol. The van der Waals surface area contributed by atoms with Gasteiger partial charge in [0.15, 0.2) is 11.6 Å². The maximum absolute atomic E-state index is 13.7.